The maximum atomic E-state index is 13.8. The molecule has 1 atom stereocenters. The highest BCUT2D eigenvalue weighted by atomic mass is 28.4. The summed E-state index contributed by atoms with van der Waals surface area (Å²) in [5.41, 5.74) is 0.876. The minimum absolute atomic E-state index is 0.158. The van der Waals surface area contributed by atoms with Gasteiger partial charge in [-0.15, -0.1) is 0 Å². The number of hydrogen-bond donors (Lipinski definition) is 0. The Morgan fingerprint density at radius 2 is 1.66 bits per heavy atom. The lowest BCUT2D eigenvalue weighted by atomic mass is 9.91. The monoisotopic (exact) mass is 431 g/mol. The summed E-state index contributed by atoms with van der Waals surface area (Å²) in [5.74, 6) is -0.621. The van der Waals surface area contributed by atoms with Crippen LogP contribution in [0.15, 0.2) is 30.3 Å². The zero-order chi connectivity index (χ0) is 21.5. The molecule has 0 saturated carbocycles. The van der Waals surface area contributed by atoms with Crippen molar-refractivity contribution in [2.24, 2.45) is 5.92 Å². The van der Waals surface area contributed by atoms with Crippen molar-refractivity contribution in [3.8, 4) is 0 Å². The number of ether oxygens (including phenoxy) is 1. The predicted molar refractivity (Wildman–Crippen MR) is 109 cm³/mol. The molecule has 0 aliphatic carbocycles. The Kier molecular flexibility index (Phi) is 8.57. The molecule has 1 aromatic rings. The van der Waals surface area contributed by atoms with Gasteiger partial charge in [0.1, 0.15) is 12.7 Å². The molecule has 1 fully saturated rings. The maximum absolute atomic E-state index is 13.8. The molecule has 4 nitrogen and oxygen atoms in total. The molecule has 0 N–H and O–H groups in total. The summed E-state index contributed by atoms with van der Waals surface area (Å²) in [5, 5.41) is 0. The molecule has 1 heterocycles. The topological polar surface area (TPSA) is 38.8 Å². The number of nitrogens with zero attached hydrogens (tertiary/aromatic N) is 1. The van der Waals surface area contributed by atoms with Gasteiger partial charge in [-0.1, -0.05) is 51.1 Å². The van der Waals surface area contributed by atoms with Crippen molar-refractivity contribution in [1.82, 2.24) is 4.90 Å². The van der Waals surface area contributed by atoms with Crippen molar-refractivity contribution in [3.05, 3.63) is 35.9 Å². The number of carbonyl (C=O) groups is 1. The largest absolute Gasteiger partial charge is 0.445 e. The predicted octanol–water partition coefficient (Wildman–Crippen LogP) is 5.99. The number of amides is 1. The smallest absolute Gasteiger partial charge is 0.413 e. The summed E-state index contributed by atoms with van der Waals surface area (Å²) in [4.78, 5) is 13.8. The van der Waals surface area contributed by atoms with Gasteiger partial charge in [-0.3, -0.25) is 0 Å². The van der Waals surface area contributed by atoms with Crippen LogP contribution >= 0.6 is 0 Å². The van der Waals surface area contributed by atoms with Gasteiger partial charge in [0.25, 0.3) is 0 Å². The van der Waals surface area contributed by atoms with Gasteiger partial charge >= 0.3 is 12.3 Å². The fraction of sp³-hybridized carbons (Fsp3) is 0.667. The van der Waals surface area contributed by atoms with Gasteiger partial charge in [0.2, 0.25) is 0 Å². The minimum Gasteiger partial charge on any atom is -0.445 e. The van der Waals surface area contributed by atoms with Gasteiger partial charge < -0.3 is 14.1 Å². The number of rotatable bonds is 8. The third-order valence-electron chi connectivity index (χ3n) is 6.06. The molecule has 29 heavy (non-hydrogen) atoms. The van der Waals surface area contributed by atoms with Crippen LogP contribution in [0.4, 0.5) is 18.0 Å². The molecule has 8 heteroatoms. The maximum Gasteiger partial charge on any atom is 0.413 e. The first-order valence-electron chi connectivity index (χ1n) is 10.4. The minimum atomic E-state index is -4.39. The highest BCUT2D eigenvalue weighted by Gasteiger charge is 2.50. The molecule has 1 aliphatic heterocycles. The van der Waals surface area contributed by atoms with Crippen LogP contribution in [0.3, 0.4) is 0 Å². The number of piperidine rings is 1. The van der Waals surface area contributed by atoms with Gasteiger partial charge in [0, 0.05) is 13.1 Å². The Bertz CT molecular complexity index is 622. The Morgan fingerprint density at radius 3 is 2.14 bits per heavy atom. The van der Waals surface area contributed by atoms with Crippen LogP contribution in [0.2, 0.25) is 18.1 Å². The van der Waals surface area contributed by atoms with Crippen molar-refractivity contribution in [2.75, 3.05) is 13.1 Å². The lowest BCUT2D eigenvalue weighted by Crippen LogP contribution is -2.51. The first-order valence-corrected chi connectivity index (χ1v) is 13.0. The van der Waals surface area contributed by atoms with Gasteiger partial charge in [-0.2, -0.15) is 13.2 Å². The zero-order valence-corrected chi connectivity index (χ0v) is 18.5. The van der Waals surface area contributed by atoms with E-state index >= 15 is 0 Å². The van der Waals surface area contributed by atoms with Crippen LogP contribution in [0, 0.1) is 5.92 Å². The highest BCUT2D eigenvalue weighted by molar-refractivity contribution is 6.73. The van der Waals surface area contributed by atoms with E-state index in [-0.39, 0.29) is 32.5 Å². The van der Waals surface area contributed by atoms with E-state index in [1.807, 2.05) is 51.1 Å². The molecule has 1 aromatic carbocycles. The molecule has 1 aliphatic rings. The first-order chi connectivity index (χ1) is 13.7. The zero-order valence-electron chi connectivity index (χ0n) is 17.5. The van der Waals surface area contributed by atoms with Gasteiger partial charge in [0.15, 0.2) is 8.32 Å². The van der Waals surface area contributed by atoms with E-state index in [9.17, 15) is 18.0 Å². The second-order valence-electron chi connectivity index (χ2n) is 7.69. The van der Waals surface area contributed by atoms with Gasteiger partial charge in [-0.25, -0.2) is 4.79 Å². The van der Waals surface area contributed by atoms with E-state index in [0.717, 1.165) is 5.56 Å². The molecule has 0 bridgehead atoms. The summed E-state index contributed by atoms with van der Waals surface area (Å²) < 4.78 is 52.6. The molecule has 2 rings (SSSR count). The summed E-state index contributed by atoms with van der Waals surface area (Å²) in [6.07, 6.45) is -6.07. The van der Waals surface area contributed by atoms with Crippen LogP contribution in [0.1, 0.15) is 39.2 Å². The third kappa shape index (κ3) is 6.47. The van der Waals surface area contributed by atoms with E-state index < -0.39 is 32.6 Å². The number of carbonyl (C=O) groups excluding carboxylic acids is 1. The quantitative estimate of drug-likeness (QED) is 0.475. The Hall–Kier alpha value is -1.54. The fourth-order valence-corrected chi connectivity index (χ4v) is 6.76. The number of benzene rings is 1. The average Bonchev–Trinajstić information content (AvgIpc) is 2.73. The van der Waals surface area contributed by atoms with E-state index in [2.05, 4.69) is 0 Å². The molecular formula is C21H32F3NO3Si. The van der Waals surface area contributed by atoms with Crippen molar-refractivity contribution in [2.45, 2.75) is 70.6 Å². The van der Waals surface area contributed by atoms with E-state index in [4.69, 9.17) is 9.16 Å². The molecule has 164 valence electrons. The summed E-state index contributed by atoms with van der Waals surface area (Å²) in [6.45, 7) is 6.46. The van der Waals surface area contributed by atoms with Crippen LogP contribution in [-0.2, 0) is 15.8 Å². The molecule has 0 aromatic heterocycles. The van der Waals surface area contributed by atoms with Crippen molar-refractivity contribution in [3.63, 3.8) is 0 Å². The molecule has 1 saturated heterocycles. The molecule has 0 radical (unpaired) electrons. The SMILES string of the molecule is CC[Si](CC)(CC)OC(C1CCN(C(=O)OCc2ccccc2)CC1)C(F)(F)F. The van der Waals surface area contributed by atoms with Crippen molar-refractivity contribution in [1.29, 1.82) is 0 Å². The number of likely N-dealkylation sites (tertiary alicyclic amines) is 1. The fourth-order valence-electron chi connectivity index (χ4n) is 3.90. The summed E-state index contributed by atoms with van der Waals surface area (Å²) in [7, 11) is -2.39. The average molecular weight is 432 g/mol. The standard InChI is InChI=1S/C21H32F3NO3Si/c1-4-29(5-2,6-3)28-19(21(22,23)24)18-12-14-25(15-13-18)20(26)27-16-17-10-8-7-9-11-17/h7-11,18-19H,4-6,12-16H2,1-3H3. The lowest BCUT2D eigenvalue weighted by molar-refractivity contribution is -0.216. The van der Waals surface area contributed by atoms with Gasteiger partial charge in [0.05, 0.1) is 0 Å². The van der Waals surface area contributed by atoms with Crippen LogP contribution < -0.4 is 0 Å². The van der Waals surface area contributed by atoms with Crippen molar-refractivity contribution >= 4 is 14.4 Å². The molecule has 1 unspecified atom stereocenters. The summed E-state index contributed by atoms with van der Waals surface area (Å²) in [6, 6.07) is 11.3. The Morgan fingerprint density at radius 1 is 1.10 bits per heavy atom. The van der Waals surface area contributed by atoms with Crippen molar-refractivity contribution < 1.29 is 27.1 Å². The van der Waals surface area contributed by atoms with E-state index in [1.165, 1.54) is 4.90 Å². The van der Waals surface area contributed by atoms with E-state index in [0.29, 0.717) is 18.1 Å². The molecule has 1 amide bonds. The second-order valence-corrected chi connectivity index (χ2v) is 12.4. The number of alkyl halides is 3. The van der Waals surface area contributed by atoms with Gasteiger partial charge in [-0.05, 0) is 42.5 Å². The lowest BCUT2D eigenvalue weighted by Gasteiger charge is -2.41. The first kappa shape index (κ1) is 23.7. The molecule has 0 spiro atoms. The van der Waals surface area contributed by atoms with Crippen LogP contribution in [0.5, 0.6) is 0 Å². The molecular weight excluding hydrogens is 399 g/mol. The van der Waals surface area contributed by atoms with Crippen LogP contribution in [-0.4, -0.2) is 44.7 Å². The van der Waals surface area contributed by atoms with Crippen LogP contribution in [0.25, 0.3) is 0 Å². The second kappa shape index (κ2) is 10.5. The Labute approximate surface area is 172 Å². The number of hydrogen-bond acceptors (Lipinski definition) is 3. The number of halogens is 3. The summed E-state index contributed by atoms with van der Waals surface area (Å²) >= 11 is 0. The highest BCUT2D eigenvalue weighted by Crippen LogP contribution is 2.38. The normalized spacial score (nSPS) is 17.2. The van der Waals surface area contributed by atoms with E-state index in [1.54, 1.807) is 0 Å². The Balaban J connectivity index is 1.94. The third-order valence-corrected chi connectivity index (χ3v) is 10.7.